The summed E-state index contributed by atoms with van der Waals surface area (Å²) in [6.07, 6.45) is 1.33. The van der Waals surface area contributed by atoms with Crippen LogP contribution >= 0.6 is 0 Å². The minimum Gasteiger partial charge on any atom is -0.481 e. The molecule has 1 rings (SSSR count). The van der Waals surface area contributed by atoms with E-state index in [9.17, 15) is 9.59 Å². The number of nitrogens with zero attached hydrogens (tertiary/aromatic N) is 1. The molecule has 2 amide bonds. The number of hydrogen-bond acceptors (Lipinski definition) is 2. The van der Waals surface area contributed by atoms with Crippen LogP contribution in [0.25, 0.3) is 0 Å². The standard InChI is InChI=1S/C8H14N2O3/c1-10(2)7(13)9-5-8(3-4-8)6(11)12/h3-5H2,1-2H3,(H,9,13)(H,11,12). The Hall–Kier alpha value is -1.26. The van der Waals surface area contributed by atoms with Crippen molar-refractivity contribution in [1.82, 2.24) is 10.2 Å². The van der Waals surface area contributed by atoms with Gasteiger partial charge in [-0.2, -0.15) is 0 Å². The Kier molecular flexibility index (Phi) is 2.45. The quantitative estimate of drug-likeness (QED) is 0.657. The number of rotatable bonds is 3. The maximum atomic E-state index is 11.1. The van der Waals surface area contributed by atoms with Crippen LogP contribution in [0.2, 0.25) is 0 Å². The first-order chi connectivity index (χ1) is 5.98. The van der Waals surface area contributed by atoms with E-state index in [4.69, 9.17) is 5.11 Å². The van der Waals surface area contributed by atoms with Gasteiger partial charge >= 0.3 is 12.0 Å². The average Bonchev–Trinajstić information content (AvgIpc) is 2.80. The Morgan fingerprint density at radius 3 is 2.31 bits per heavy atom. The largest absolute Gasteiger partial charge is 0.481 e. The molecule has 0 radical (unpaired) electrons. The summed E-state index contributed by atoms with van der Waals surface area (Å²) in [5.41, 5.74) is -0.675. The number of urea groups is 1. The monoisotopic (exact) mass is 186 g/mol. The topological polar surface area (TPSA) is 69.6 Å². The minimum absolute atomic E-state index is 0.235. The van der Waals surface area contributed by atoms with Crippen molar-refractivity contribution >= 4 is 12.0 Å². The van der Waals surface area contributed by atoms with Gasteiger partial charge in [0.15, 0.2) is 0 Å². The highest BCUT2D eigenvalue weighted by molar-refractivity contribution is 5.80. The van der Waals surface area contributed by atoms with Gasteiger partial charge < -0.3 is 15.3 Å². The number of nitrogens with one attached hydrogen (secondary N) is 1. The van der Waals surface area contributed by atoms with E-state index in [0.29, 0.717) is 12.8 Å². The van der Waals surface area contributed by atoms with Gasteiger partial charge in [0.25, 0.3) is 0 Å². The summed E-state index contributed by atoms with van der Waals surface area (Å²) < 4.78 is 0. The smallest absolute Gasteiger partial charge is 0.316 e. The number of hydrogen-bond donors (Lipinski definition) is 2. The van der Waals surface area contributed by atoms with Crippen LogP contribution in [-0.4, -0.2) is 42.6 Å². The Bertz CT molecular complexity index is 234. The minimum atomic E-state index is -0.813. The summed E-state index contributed by atoms with van der Waals surface area (Å²) in [5, 5.41) is 11.4. The molecule has 0 bridgehead atoms. The zero-order valence-corrected chi connectivity index (χ0v) is 7.83. The molecular weight excluding hydrogens is 172 g/mol. The zero-order valence-electron chi connectivity index (χ0n) is 7.83. The maximum Gasteiger partial charge on any atom is 0.316 e. The van der Waals surface area contributed by atoms with E-state index < -0.39 is 11.4 Å². The molecule has 1 fully saturated rings. The summed E-state index contributed by atoms with van der Waals surface area (Å²) in [6, 6.07) is -0.243. The molecule has 74 valence electrons. The first kappa shape index (κ1) is 9.83. The second kappa shape index (κ2) is 3.24. The fraction of sp³-hybridized carbons (Fsp3) is 0.750. The molecule has 0 aromatic rings. The van der Waals surface area contributed by atoms with Crippen LogP contribution in [-0.2, 0) is 4.79 Å². The molecule has 1 aliphatic carbocycles. The molecule has 1 saturated carbocycles. The first-order valence-corrected chi connectivity index (χ1v) is 4.16. The number of carbonyl (C=O) groups excluding carboxylic acids is 1. The lowest BCUT2D eigenvalue weighted by Gasteiger charge is -2.14. The highest BCUT2D eigenvalue weighted by Crippen LogP contribution is 2.45. The summed E-state index contributed by atoms with van der Waals surface area (Å²) in [4.78, 5) is 23.1. The molecule has 0 atom stereocenters. The molecule has 0 saturated heterocycles. The van der Waals surface area contributed by atoms with Crippen molar-refractivity contribution < 1.29 is 14.7 Å². The van der Waals surface area contributed by atoms with Gasteiger partial charge in [-0.1, -0.05) is 0 Å². The normalized spacial score (nSPS) is 17.7. The van der Waals surface area contributed by atoms with Gasteiger partial charge in [0.2, 0.25) is 0 Å². The van der Waals surface area contributed by atoms with E-state index in [0.717, 1.165) is 0 Å². The van der Waals surface area contributed by atoms with E-state index in [1.807, 2.05) is 0 Å². The van der Waals surface area contributed by atoms with Gasteiger partial charge in [-0.05, 0) is 12.8 Å². The summed E-state index contributed by atoms with van der Waals surface area (Å²) in [6.45, 7) is 0.235. The Morgan fingerprint density at radius 1 is 1.46 bits per heavy atom. The molecule has 13 heavy (non-hydrogen) atoms. The molecule has 0 heterocycles. The van der Waals surface area contributed by atoms with Gasteiger partial charge in [-0.25, -0.2) is 4.79 Å². The SMILES string of the molecule is CN(C)C(=O)NCC1(C(=O)O)CC1. The van der Waals surface area contributed by atoms with Crippen molar-refractivity contribution in [3.05, 3.63) is 0 Å². The predicted molar refractivity (Wildman–Crippen MR) is 46.4 cm³/mol. The number of carboxylic acid groups (broad SMARTS) is 1. The molecule has 1 aliphatic rings. The third-order valence-electron chi connectivity index (χ3n) is 2.29. The van der Waals surface area contributed by atoms with Crippen LogP contribution in [0.15, 0.2) is 0 Å². The molecule has 5 nitrogen and oxygen atoms in total. The van der Waals surface area contributed by atoms with Crippen LogP contribution in [0.3, 0.4) is 0 Å². The van der Waals surface area contributed by atoms with Crippen molar-refractivity contribution in [3.63, 3.8) is 0 Å². The van der Waals surface area contributed by atoms with E-state index in [1.54, 1.807) is 14.1 Å². The van der Waals surface area contributed by atoms with Crippen molar-refractivity contribution in [2.75, 3.05) is 20.6 Å². The van der Waals surface area contributed by atoms with Crippen LogP contribution < -0.4 is 5.32 Å². The van der Waals surface area contributed by atoms with Gasteiger partial charge in [0, 0.05) is 20.6 Å². The molecule has 5 heteroatoms. The van der Waals surface area contributed by atoms with Crippen LogP contribution in [0.4, 0.5) is 4.79 Å². The third kappa shape index (κ3) is 2.11. The lowest BCUT2D eigenvalue weighted by atomic mass is 10.1. The second-order valence-electron chi connectivity index (χ2n) is 3.64. The number of carboxylic acids is 1. The van der Waals surface area contributed by atoms with Crippen molar-refractivity contribution in [2.24, 2.45) is 5.41 Å². The highest BCUT2D eigenvalue weighted by atomic mass is 16.4. The van der Waals surface area contributed by atoms with Crippen LogP contribution in [0.5, 0.6) is 0 Å². The lowest BCUT2D eigenvalue weighted by molar-refractivity contribution is -0.143. The molecule has 0 aliphatic heterocycles. The molecule has 0 unspecified atom stereocenters. The Balaban J connectivity index is 2.35. The number of aliphatic carboxylic acids is 1. The summed E-state index contributed by atoms with van der Waals surface area (Å²) in [5.74, 6) is -0.813. The predicted octanol–water partition coefficient (Wildman–Crippen LogP) is 0.122. The van der Waals surface area contributed by atoms with Crippen molar-refractivity contribution in [2.45, 2.75) is 12.8 Å². The molecule has 0 aromatic carbocycles. The summed E-state index contributed by atoms with van der Waals surface area (Å²) in [7, 11) is 3.24. The van der Waals surface area contributed by atoms with Crippen LogP contribution in [0.1, 0.15) is 12.8 Å². The third-order valence-corrected chi connectivity index (χ3v) is 2.29. The molecular formula is C8H14N2O3. The molecule has 0 aromatic heterocycles. The zero-order chi connectivity index (χ0) is 10.1. The fourth-order valence-corrected chi connectivity index (χ4v) is 1.02. The molecule has 2 N–H and O–H groups in total. The van der Waals surface area contributed by atoms with E-state index in [1.165, 1.54) is 4.90 Å². The van der Waals surface area contributed by atoms with Crippen LogP contribution in [0, 0.1) is 5.41 Å². The lowest BCUT2D eigenvalue weighted by Crippen LogP contribution is -2.40. The highest BCUT2D eigenvalue weighted by Gasteiger charge is 2.50. The van der Waals surface area contributed by atoms with Gasteiger partial charge in [-0.15, -0.1) is 0 Å². The number of carbonyl (C=O) groups is 2. The Labute approximate surface area is 76.7 Å². The second-order valence-corrected chi connectivity index (χ2v) is 3.64. The first-order valence-electron chi connectivity index (χ1n) is 4.16. The van der Waals surface area contributed by atoms with Crippen molar-refractivity contribution in [1.29, 1.82) is 0 Å². The fourth-order valence-electron chi connectivity index (χ4n) is 1.02. The Morgan fingerprint density at radius 2 is 2.00 bits per heavy atom. The molecule has 0 spiro atoms. The number of amides is 2. The van der Waals surface area contributed by atoms with E-state index in [-0.39, 0.29) is 12.6 Å². The van der Waals surface area contributed by atoms with E-state index in [2.05, 4.69) is 5.32 Å². The van der Waals surface area contributed by atoms with Gasteiger partial charge in [-0.3, -0.25) is 4.79 Å². The van der Waals surface area contributed by atoms with Gasteiger partial charge in [0.05, 0.1) is 5.41 Å². The maximum absolute atomic E-state index is 11.1. The average molecular weight is 186 g/mol. The van der Waals surface area contributed by atoms with Crippen molar-refractivity contribution in [3.8, 4) is 0 Å². The summed E-state index contributed by atoms with van der Waals surface area (Å²) >= 11 is 0. The van der Waals surface area contributed by atoms with E-state index >= 15 is 0 Å². The van der Waals surface area contributed by atoms with Gasteiger partial charge in [0.1, 0.15) is 0 Å².